The Hall–Kier alpha value is -4.20. The third-order valence-electron chi connectivity index (χ3n) is 5.60. The van der Waals surface area contributed by atoms with Crippen molar-refractivity contribution in [3.63, 3.8) is 0 Å². The molecule has 0 aliphatic carbocycles. The van der Waals surface area contributed by atoms with Crippen LogP contribution in [-0.4, -0.2) is 40.2 Å². The van der Waals surface area contributed by atoms with Crippen molar-refractivity contribution in [2.45, 2.75) is 25.8 Å². The van der Waals surface area contributed by atoms with Crippen LogP contribution in [0.25, 0.3) is 11.3 Å². The smallest absolute Gasteiger partial charge is 0.256 e. The number of rotatable bonds is 6. The molecule has 1 saturated heterocycles. The molecule has 1 aliphatic rings. The Kier molecular flexibility index (Phi) is 6.35. The second-order valence-electron chi connectivity index (χ2n) is 7.89. The standard InChI is InChI=1S/C25H25N5O3/c1-16(30-15-5-8-22(30)31)24(32)27-19-11-9-18(10-12-19)25(33)29-23-20(26)13-14-21(28-23)17-6-3-2-4-7-17/h2-4,6-7,9-14,16H,5,8,15,26H2,1H3,(H,27,32)(H,28,29,33). The van der Waals surface area contributed by atoms with Crippen molar-refractivity contribution in [3.8, 4) is 11.3 Å². The molecule has 0 radical (unpaired) electrons. The maximum Gasteiger partial charge on any atom is 0.256 e. The number of amides is 3. The molecule has 3 amide bonds. The van der Waals surface area contributed by atoms with Crippen LogP contribution in [0.2, 0.25) is 0 Å². The Morgan fingerprint density at radius 2 is 1.73 bits per heavy atom. The van der Waals surface area contributed by atoms with Crippen molar-refractivity contribution in [1.29, 1.82) is 0 Å². The topological polar surface area (TPSA) is 117 Å². The third kappa shape index (κ3) is 5.01. The summed E-state index contributed by atoms with van der Waals surface area (Å²) < 4.78 is 0. The lowest BCUT2D eigenvalue weighted by atomic mass is 10.1. The number of anilines is 3. The quantitative estimate of drug-likeness (QED) is 0.539. The molecule has 1 aliphatic heterocycles. The van der Waals surface area contributed by atoms with Crippen LogP contribution in [0.3, 0.4) is 0 Å². The Morgan fingerprint density at radius 3 is 2.39 bits per heavy atom. The average Bonchev–Trinajstić information content (AvgIpc) is 3.26. The second-order valence-corrected chi connectivity index (χ2v) is 7.89. The zero-order valence-electron chi connectivity index (χ0n) is 18.2. The minimum atomic E-state index is -0.547. The number of likely N-dealkylation sites (tertiary alicyclic amines) is 1. The van der Waals surface area contributed by atoms with E-state index in [0.29, 0.717) is 35.6 Å². The molecule has 2 aromatic carbocycles. The monoisotopic (exact) mass is 443 g/mol. The van der Waals surface area contributed by atoms with E-state index in [1.54, 1.807) is 48.2 Å². The largest absolute Gasteiger partial charge is 0.396 e. The summed E-state index contributed by atoms with van der Waals surface area (Å²) in [5.74, 6) is -0.359. The summed E-state index contributed by atoms with van der Waals surface area (Å²) in [6, 6.07) is 19.0. The highest BCUT2D eigenvalue weighted by Crippen LogP contribution is 2.24. The fourth-order valence-corrected chi connectivity index (χ4v) is 3.69. The number of carbonyl (C=O) groups is 3. The molecule has 8 heteroatoms. The Balaban J connectivity index is 1.41. The lowest BCUT2D eigenvalue weighted by Crippen LogP contribution is -2.42. The molecule has 0 saturated carbocycles. The van der Waals surface area contributed by atoms with Crippen LogP contribution in [0.5, 0.6) is 0 Å². The molecule has 1 unspecified atom stereocenters. The van der Waals surface area contributed by atoms with E-state index in [-0.39, 0.29) is 23.5 Å². The van der Waals surface area contributed by atoms with E-state index < -0.39 is 6.04 Å². The van der Waals surface area contributed by atoms with Crippen LogP contribution in [0, 0.1) is 0 Å². The molecular formula is C25H25N5O3. The van der Waals surface area contributed by atoms with E-state index >= 15 is 0 Å². The van der Waals surface area contributed by atoms with Crippen molar-refractivity contribution in [3.05, 3.63) is 72.3 Å². The maximum atomic E-state index is 12.7. The van der Waals surface area contributed by atoms with Gasteiger partial charge in [-0.15, -0.1) is 0 Å². The van der Waals surface area contributed by atoms with Gasteiger partial charge in [0.05, 0.1) is 11.4 Å². The molecule has 1 aromatic heterocycles. The van der Waals surface area contributed by atoms with E-state index in [2.05, 4.69) is 15.6 Å². The second kappa shape index (κ2) is 9.52. The van der Waals surface area contributed by atoms with E-state index in [4.69, 9.17) is 5.73 Å². The van der Waals surface area contributed by atoms with Gasteiger partial charge in [0.2, 0.25) is 11.8 Å². The number of nitrogens with two attached hydrogens (primary N) is 1. The molecule has 0 bridgehead atoms. The molecule has 168 valence electrons. The van der Waals surface area contributed by atoms with E-state index in [1.807, 2.05) is 30.3 Å². The molecule has 1 fully saturated rings. The predicted octanol–water partition coefficient (Wildman–Crippen LogP) is 3.53. The molecule has 4 rings (SSSR count). The zero-order valence-corrected chi connectivity index (χ0v) is 18.2. The molecule has 4 N–H and O–H groups in total. The van der Waals surface area contributed by atoms with Crippen molar-refractivity contribution < 1.29 is 14.4 Å². The highest BCUT2D eigenvalue weighted by Gasteiger charge is 2.29. The number of carbonyl (C=O) groups excluding carboxylic acids is 3. The van der Waals surface area contributed by atoms with Crippen LogP contribution in [0.15, 0.2) is 66.7 Å². The molecular weight excluding hydrogens is 418 g/mol. The first-order valence-corrected chi connectivity index (χ1v) is 10.8. The summed E-state index contributed by atoms with van der Waals surface area (Å²) in [4.78, 5) is 43.1. The van der Waals surface area contributed by atoms with Gasteiger partial charge in [0.15, 0.2) is 5.82 Å². The van der Waals surface area contributed by atoms with Gasteiger partial charge >= 0.3 is 0 Å². The highest BCUT2D eigenvalue weighted by atomic mass is 16.2. The number of nitrogens with zero attached hydrogens (tertiary/aromatic N) is 2. The summed E-state index contributed by atoms with van der Waals surface area (Å²) in [6.07, 6.45) is 1.25. The SMILES string of the molecule is CC(C(=O)Nc1ccc(C(=O)Nc2nc(-c3ccccc3)ccc2N)cc1)N1CCCC1=O. The van der Waals surface area contributed by atoms with E-state index in [1.165, 1.54) is 0 Å². The maximum absolute atomic E-state index is 12.7. The summed E-state index contributed by atoms with van der Waals surface area (Å²) in [5.41, 5.74) is 8.91. The number of hydrogen-bond donors (Lipinski definition) is 3. The van der Waals surface area contributed by atoms with Gasteiger partial charge < -0.3 is 21.3 Å². The van der Waals surface area contributed by atoms with Crippen LogP contribution in [-0.2, 0) is 9.59 Å². The average molecular weight is 444 g/mol. The van der Waals surface area contributed by atoms with Crippen molar-refractivity contribution in [2.75, 3.05) is 22.9 Å². The molecule has 0 spiro atoms. The molecule has 1 atom stereocenters. The van der Waals surface area contributed by atoms with Gasteiger partial charge in [0.1, 0.15) is 6.04 Å². The summed E-state index contributed by atoms with van der Waals surface area (Å²) in [6.45, 7) is 2.30. The number of hydrogen-bond acceptors (Lipinski definition) is 5. The van der Waals surface area contributed by atoms with Crippen LogP contribution in [0.4, 0.5) is 17.2 Å². The van der Waals surface area contributed by atoms with Gasteiger partial charge in [-0.3, -0.25) is 14.4 Å². The minimum absolute atomic E-state index is 0.00566. The predicted molar refractivity (Wildman–Crippen MR) is 128 cm³/mol. The van der Waals surface area contributed by atoms with Crippen molar-refractivity contribution >= 4 is 34.9 Å². The van der Waals surface area contributed by atoms with Gasteiger partial charge in [-0.2, -0.15) is 0 Å². The summed E-state index contributed by atoms with van der Waals surface area (Å²) in [5, 5.41) is 5.54. The van der Waals surface area contributed by atoms with Crippen LogP contribution in [0.1, 0.15) is 30.1 Å². The van der Waals surface area contributed by atoms with Crippen LogP contribution < -0.4 is 16.4 Å². The lowest BCUT2D eigenvalue weighted by Gasteiger charge is -2.23. The fraction of sp³-hybridized carbons (Fsp3) is 0.200. The molecule has 8 nitrogen and oxygen atoms in total. The fourth-order valence-electron chi connectivity index (χ4n) is 3.69. The molecule has 3 aromatic rings. The number of nitrogen functional groups attached to an aromatic ring is 1. The zero-order chi connectivity index (χ0) is 23.4. The van der Waals surface area contributed by atoms with Gasteiger partial charge in [-0.05, 0) is 49.7 Å². The van der Waals surface area contributed by atoms with E-state index in [0.717, 1.165) is 12.0 Å². The molecule has 2 heterocycles. The summed E-state index contributed by atoms with van der Waals surface area (Å²) in [7, 11) is 0. The first-order valence-electron chi connectivity index (χ1n) is 10.8. The first-order chi connectivity index (χ1) is 15.9. The Morgan fingerprint density at radius 1 is 1.00 bits per heavy atom. The highest BCUT2D eigenvalue weighted by molar-refractivity contribution is 6.05. The van der Waals surface area contributed by atoms with Gasteiger partial charge in [0.25, 0.3) is 5.91 Å². The van der Waals surface area contributed by atoms with Gasteiger partial charge in [-0.1, -0.05) is 30.3 Å². The number of aromatic nitrogens is 1. The Bertz CT molecular complexity index is 1180. The minimum Gasteiger partial charge on any atom is -0.396 e. The molecule has 33 heavy (non-hydrogen) atoms. The van der Waals surface area contributed by atoms with Gasteiger partial charge in [-0.25, -0.2) is 4.98 Å². The lowest BCUT2D eigenvalue weighted by molar-refractivity contribution is -0.134. The first kappa shape index (κ1) is 22.0. The van der Waals surface area contributed by atoms with Crippen molar-refractivity contribution in [2.24, 2.45) is 0 Å². The summed E-state index contributed by atoms with van der Waals surface area (Å²) >= 11 is 0. The Labute approximate surface area is 191 Å². The normalized spacial score (nSPS) is 14.1. The number of pyridine rings is 1. The van der Waals surface area contributed by atoms with Gasteiger partial charge in [0, 0.05) is 29.8 Å². The number of nitrogens with one attached hydrogen (secondary N) is 2. The number of benzene rings is 2. The van der Waals surface area contributed by atoms with Crippen LogP contribution >= 0.6 is 0 Å². The third-order valence-corrected chi connectivity index (χ3v) is 5.60. The van der Waals surface area contributed by atoms with E-state index in [9.17, 15) is 14.4 Å². The van der Waals surface area contributed by atoms with Crippen molar-refractivity contribution in [1.82, 2.24) is 9.88 Å².